The van der Waals surface area contributed by atoms with Gasteiger partial charge in [0.2, 0.25) is 0 Å². The van der Waals surface area contributed by atoms with E-state index in [0.717, 1.165) is 104 Å². The summed E-state index contributed by atoms with van der Waals surface area (Å²) in [5, 5.41) is 0.329. The second-order valence-electron chi connectivity index (χ2n) is 28.3. The number of alkyl halides is 6. The maximum Gasteiger partial charge on any atom is 0.380 e. The number of esters is 2. The second kappa shape index (κ2) is 36.2. The molecule has 0 unspecified atom stereocenters. The molecular weight excluding hydrogens is 1370 g/mol. The van der Waals surface area contributed by atoms with E-state index in [1.807, 2.05) is 48.5 Å². The van der Waals surface area contributed by atoms with E-state index in [1.54, 1.807) is 42.5 Å². The topological polar surface area (TPSA) is 108 Å². The highest BCUT2D eigenvalue weighted by Gasteiger charge is 2.80. The molecule has 1 fully saturated rings. The normalized spacial score (nSPS) is 16.6. The maximum absolute atomic E-state index is 16.3. The zero-order valence-corrected chi connectivity index (χ0v) is 63.9. The van der Waals surface area contributed by atoms with E-state index in [4.69, 9.17) is 37.3 Å². The Labute approximate surface area is 603 Å². The van der Waals surface area contributed by atoms with Gasteiger partial charge in [0.25, 0.3) is 0 Å². The number of carbonyl (C=O) groups excluding carboxylic acids is 2. The number of unbranched alkanes of at least 4 members (excludes halogenated alkanes) is 12. The molecule has 10 nitrogen and oxygen atoms in total. The Balaban J connectivity index is 0.731. The molecule has 548 valence electrons. The number of fused-ring (bicyclic) bond motifs is 2. The van der Waals surface area contributed by atoms with Crippen LogP contribution in [0.5, 0.6) is 34.5 Å². The third-order valence-electron chi connectivity index (χ3n) is 19.2. The fraction of sp³-hybridized carbons (Fsp3) is 0.506. The van der Waals surface area contributed by atoms with Gasteiger partial charge in [-0.1, -0.05) is 109 Å². The van der Waals surface area contributed by atoms with Crippen LogP contribution in [0.4, 0.5) is 26.3 Å². The van der Waals surface area contributed by atoms with Crippen LogP contribution in [0.3, 0.4) is 0 Å². The van der Waals surface area contributed by atoms with Gasteiger partial charge >= 0.3 is 29.7 Å². The molecule has 9 rings (SSSR count). The molecule has 7 aromatic rings. The van der Waals surface area contributed by atoms with Gasteiger partial charge in [-0.3, -0.25) is 0 Å². The largest absolute Gasteiger partial charge is 0.494 e. The molecule has 2 aliphatic rings. The van der Waals surface area contributed by atoms with Crippen LogP contribution in [0.15, 0.2) is 116 Å². The van der Waals surface area contributed by atoms with E-state index in [1.165, 1.54) is 83.4 Å². The molecule has 1 saturated carbocycles. The summed E-state index contributed by atoms with van der Waals surface area (Å²) in [6, 6.07) is 31.3. The fourth-order valence-corrected chi connectivity index (χ4v) is 25.0. The number of aryl methyl sites for hydroxylation is 2. The van der Waals surface area contributed by atoms with Gasteiger partial charge in [0.15, 0.2) is 16.6 Å². The first kappa shape index (κ1) is 78.5. The van der Waals surface area contributed by atoms with Crippen molar-refractivity contribution >= 4 is 82.6 Å². The summed E-state index contributed by atoms with van der Waals surface area (Å²) in [4.78, 5) is 27.5. The molecule has 0 atom stereocenters. The highest BCUT2D eigenvalue weighted by molar-refractivity contribution is 7.19. The average Bonchev–Trinajstić information content (AvgIpc) is 1.52. The molecule has 2 aliphatic carbocycles. The molecule has 0 radical (unpaired) electrons. The fourth-order valence-electron chi connectivity index (χ4n) is 13.8. The van der Waals surface area contributed by atoms with Crippen molar-refractivity contribution in [1.29, 1.82) is 0 Å². The third kappa shape index (κ3) is 20.4. The van der Waals surface area contributed by atoms with Crippen molar-refractivity contribution in [1.82, 2.24) is 0 Å². The van der Waals surface area contributed by atoms with E-state index in [-0.39, 0.29) is 43.7 Å². The summed E-state index contributed by atoms with van der Waals surface area (Å²) < 4.78 is 147. The number of carbonyl (C=O) groups is 2. The third-order valence-corrected chi connectivity index (χ3v) is 28.8. The minimum absolute atomic E-state index is 0.164. The molecule has 20 heteroatoms. The van der Waals surface area contributed by atoms with Crippen molar-refractivity contribution in [2.24, 2.45) is 0 Å². The molecule has 0 amide bonds. The van der Waals surface area contributed by atoms with Gasteiger partial charge in [0.1, 0.15) is 46.2 Å². The van der Waals surface area contributed by atoms with E-state index in [2.05, 4.69) is 46.6 Å². The van der Waals surface area contributed by atoms with Crippen LogP contribution in [0.25, 0.3) is 31.3 Å². The number of rotatable bonds is 41. The van der Waals surface area contributed by atoms with Crippen LogP contribution < -0.4 is 28.4 Å². The van der Waals surface area contributed by atoms with Crippen LogP contribution in [0, 0.1) is 13.8 Å². The Morgan fingerprint density at radius 1 is 0.505 bits per heavy atom. The Morgan fingerprint density at radius 2 is 0.941 bits per heavy atom. The van der Waals surface area contributed by atoms with Gasteiger partial charge in [0.05, 0.1) is 38.6 Å². The number of hydrogen-bond donors (Lipinski definition) is 0. The molecule has 0 saturated heterocycles. The monoisotopic (exact) mass is 1470 g/mol. The molecule has 101 heavy (non-hydrogen) atoms. The second-order valence-corrected chi connectivity index (χ2v) is 39.6. The summed E-state index contributed by atoms with van der Waals surface area (Å²) in [5.74, 6) is -13.5. The van der Waals surface area contributed by atoms with E-state index in [9.17, 15) is 9.59 Å². The first-order valence-electron chi connectivity index (χ1n) is 36.5. The number of benzene rings is 5. The van der Waals surface area contributed by atoms with E-state index in [0.29, 0.717) is 108 Å². The Bertz CT molecular complexity index is 3890. The highest BCUT2D eigenvalue weighted by atomic mass is 32.1. The van der Waals surface area contributed by atoms with Gasteiger partial charge in [-0.25, -0.2) is 9.59 Å². The van der Waals surface area contributed by atoms with Crippen molar-refractivity contribution in [3.8, 4) is 34.5 Å². The Kier molecular flexibility index (Phi) is 28.2. The Morgan fingerprint density at radius 3 is 1.46 bits per heavy atom. The number of allylic oxidation sites excluding steroid dienone is 2. The summed E-state index contributed by atoms with van der Waals surface area (Å²) in [7, 11) is -4.25. The van der Waals surface area contributed by atoms with Crippen molar-refractivity contribution in [2.75, 3.05) is 33.0 Å². The molecule has 2 heterocycles. The summed E-state index contributed by atoms with van der Waals surface area (Å²) in [6.45, 7) is 22.3. The van der Waals surface area contributed by atoms with Gasteiger partial charge in [0, 0.05) is 58.3 Å². The van der Waals surface area contributed by atoms with Crippen LogP contribution >= 0.6 is 22.7 Å². The summed E-state index contributed by atoms with van der Waals surface area (Å²) in [6.07, 6.45) is 22.3. The lowest BCUT2D eigenvalue weighted by Gasteiger charge is -2.34. The van der Waals surface area contributed by atoms with E-state index < -0.39 is 57.5 Å². The van der Waals surface area contributed by atoms with Crippen LogP contribution in [-0.4, -0.2) is 85.5 Å². The molecule has 5 aromatic carbocycles. The van der Waals surface area contributed by atoms with Gasteiger partial charge in [-0.15, -0.1) is 29.3 Å². The minimum Gasteiger partial charge on any atom is -0.494 e. The molecule has 2 aromatic heterocycles. The molecule has 0 N–H and O–H groups in total. The van der Waals surface area contributed by atoms with Crippen LogP contribution in [-0.2, 0) is 8.85 Å². The number of ether oxygens (including phenoxy) is 7. The van der Waals surface area contributed by atoms with Gasteiger partial charge in [-0.05, 0) is 206 Å². The molecule has 0 bridgehead atoms. The van der Waals surface area contributed by atoms with Crippen LogP contribution in [0.2, 0.25) is 38.3 Å². The molecular formula is C81H102F6O10S2Si2. The molecule has 0 spiro atoms. The predicted octanol–water partition coefficient (Wildman–Crippen LogP) is 24.5. The standard InChI is InChI=1S/C81H102F6O10S2Si2/c1-10-13-16-18-20-22-47-90-61-34-32-60(33-35-61)77(88)95-62-36-28-58(29-37-62)59-30-38-63(39-31-59)96-78(89)67-43-40-64(92-48-23-21-19-17-14-11-2)53-70(67)94-50-25-27-52-101(8,9)97-100(6,7)51-26-24-49-93-66-42-45-69-72(55-66)99-57(5)74(69)76-75(79(82,83)81(86,87)80(76,84)85)73-56(4)98-71-54-65(41-44-68(71)73)91-46-15-12-3/h12,28-29,32-37,40-45,53-55,59,63H,3,10-11,13-27,30-31,38-39,46-52H2,1-2,4-9H3. The van der Waals surface area contributed by atoms with Crippen molar-refractivity contribution in [3.63, 3.8) is 0 Å². The zero-order chi connectivity index (χ0) is 72.4. The van der Waals surface area contributed by atoms with Gasteiger partial charge < -0.3 is 37.3 Å². The van der Waals surface area contributed by atoms with Crippen molar-refractivity contribution in [2.45, 2.75) is 231 Å². The maximum atomic E-state index is 16.3. The SMILES string of the molecule is C=CCCOc1ccc2c(C3=C(c4c(C)sc5cc(OCCCC[Si](C)(C)O[Si](C)(C)CCCCOc6cc(OCCCCCCCC)ccc6C(=O)OC6CCC(c7ccc(OC(=O)c8ccc(OCCCCCCCC)cc8)cc7)CC6)ccc45)C(F)(F)C(F)(F)C3(F)F)c(C)sc2c1. The lowest BCUT2D eigenvalue weighted by Crippen LogP contribution is -2.48. The number of hydrogen-bond acceptors (Lipinski definition) is 12. The van der Waals surface area contributed by atoms with E-state index >= 15 is 26.3 Å². The quantitative estimate of drug-likeness (QED) is 0.00918. The van der Waals surface area contributed by atoms with Crippen molar-refractivity contribution < 1.29 is 73.2 Å². The summed E-state index contributed by atoms with van der Waals surface area (Å²) in [5.41, 5.74) is -1.38. The highest BCUT2D eigenvalue weighted by Crippen LogP contribution is 2.67. The lowest BCUT2D eigenvalue weighted by atomic mass is 9.83. The van der Waals surface area contributed by atoms with Crippen molar-refractivity contribution in [3.05, 3.63) is 153 Å². The Hall–Kier alpha value is -6.59. The number of thiophene rings is 2. The first-order chi connectivity index (χ1) is 48.4. The number of halogens is 6. The van der Waals surface area contributed by atoms with Gasteiger partial charge in [-0.2, -0.15) is 26.3 Å². The predicted molar refractivity (Wildman–Crippen MR) is 403 cm³/mol. The average molecular weight is 1470 g/mol. The summed E-state index contributed by atoms with van der Waals surface area (Å²) >= 11 is 2.13. The molecule has 0 aliphatic heterocycles. The minimum atomic E-state index is -5.70. The smallest absolute Gasteiger partial charge is 0.380 e. The first-order valence-corrected chi connectivity index (χ1v) is 44.4. The van der Waals surface area contributed by atoms with Crippen LogP contribution in [0.1, 0.15) is 202 Å². The zero-order valence-electron chi connectivity index (χ0n) is 60.2. The lowest BCUT2D eigenvalue weighted by molar-refractivity contribution is -0.254.